The molecule has 2 aromatic rings. The van der Waals surface area contributed by atoms with Crippen LogP contribution in [0, 0.1) is 6.92 Å². The number of nitrogens with zero attached hydrogens (tertiary/aromatic N) is 4. The van der Waals surface area contributed by atoms with Crippen LogP contribution in [0.1, 0.15) is 70.4 Å². The van der Waals surface area contributed by atoms with Gasteiger partial charge in [-0.1, -0.05) is 32.9 Å². The molecular weight excluding hydrogens is 508 g/mol. The van der Waals surface area contributed by atoms with Crippen LogP contribution in [0.25, 0.3) is 0 Å². The molecule has 1 aliphatic rings. The average Bonchev–Trinajstić information content (AvgIpc) is 2.90. The van der Waals surface area contributed by atoms with E-state index < -0.39 is 0 Å². The fourth-order valence-corrected chi connectivity index (χ4v) is 6.09. The van der Waals surface area contributed by atoms with Gasteiger partial charge < -0.3 is 29.0 Å². The summed E-state index contributed by atoms with van der Waals surface area (Å²) in [5, 5.41) is 18.6. The van der Waals surface area contributed by atoms with E-state index in [1.54, 1.807) is 0 Å². The molecule has 6 nitrogen and oxygen atoms in total. The molecule has 230 valence electrons. The molecule has 1 heterocycles. The first-order valence-corrected chi connectivity index (χ1v) is 15.9. The highest BCUT2D eigenvalue weighted by Crippen LogP contribution is 2.49. The summed E-state index contributed by atoms with van der Waals surface area (Å²) >= 11 is 0. The Hall–Kier alpha value is -2.12. The second kappa shape index (κ2) is 14.4. The molecule has 41 heavy (non-hydrogen) atoms. The van der Waals surface area contributed by atoms with Crippen LogP contribution < -0.4 is 9.80 Å². The van der Waals surface area contributed by atoms with Gasteiger partial charge in [0.1, 0.15) is 0 Å². The van der Waals surface area contributed by atoms with Crippen LogP contribution in [-0.2, 0) is 5.41 Å². The summed E-state index contributed by atoms with van der Waals surface area (Å²) in [7, 11) is 9.13. The average molecular weight is 569 g/mol. The van der Waals surface area contributed by atoms with Crippen molar-refractivity contribution in [1.82, 2.24) is 0 Å². The first kappa shape index (κ1) is 33.4. The number of aryl methyl sites for hydroxylation is 1. The van der Waals surface area contributed by atoms with Gasteiger partial charge in [0.15, 0.2) is 0 Å². The highest BCUT2D eigenvalue weighted by molar-refractivity contribution is 5.93. The van der Waals surface area contributed by atoms with Gasteiger partial charge in [-0.05, 0) is 73.4 Å². The predicted molar refractivity (Wildman–Crippen MR) is 176 cm³/mol. The number of rotatable bonds is 16. The van der Waals surface area contributed by atoms with Gasteiger partial charge in [0.05, 0.1) is 77.1 Å². The van der Waals surface area contributed by atoms with Gasteiger partial charge in [-0.15, -0.1) is 0 Å². The molecule has 0 unspecified atom stereocenters. The first-order chi connectivity index (χ1) is 19.3. The van der Waals surface area contributed by atoms with Gasteiger partial charge in [-0.3, -0.25) is 0 Å². The lowest BCUT2D eigenvalue weighted by molar-refractivity contribution is -0.890. The summed E-state index contributed by atoms with van der Waals surface area (Å²) < 4.78 is 1.93. The van der Waals surface area contributed by atoms with Crippen LogP contribution in [0.15, 0.2) is 36.4 Å². The number of anilines is 4. The number of hydrogen-bond acceptors (Lipinski definition) is 4. The third-order valence-electron chi connectivity index (χ3n) is 8.77. The Balaban J connectivity index is 1.85. The molecule has 0 saturated carbocycles. The third-order valence-corrected chi connectivity index (χ3v) is 8.77. The van der Waals surface area contributed by atoms with E-state index >= 15 is 0 Å². The molecule has 0 spiro atoms. The summed E-state index contributed by atoms with van der Waals surface area (Å²) in [6.07, 6.45) is 6.33. The maximum Gasteiger partial charge on any atom is 0.0804 e. The van der Waals surface area contributed by atoms with Gasteiger partial charge in [0.25, 0.3) is 0 Å². The number of fused-ring (bicyclic) bond motifs is 2. The standard InChI is InChI=1S/C35H60N4O2/c1-29-15-17-31-33(27-29)37(20-10-12-22-39(7,8)24-14-26-41)34-28-30(35(2,3)4)16-18-32(34)36(31)19-9-11-21-38(5,6)23-13-25-40/h15-18,27-28,40-41H,9-14,19-26H2,1-8H3/q+2. The van der Waals surface area contributed by atoms with E-state index in [-0.39, 0.29) is 18.6 Å². The normalized spacial score (nSPS) is 13.9. The largest absolute Gasteiger partial charge is 0.396 e. The maximum absolute atomic E-state index is 9.29. The highest BCUT2D eigenvalue weighted by Gasteiger charge is 2.30. The van der Waals surface area contributed by atoms with Crippen LogP contribution in [0.5, 0.6) is 0 Å². The van der Waals surface area contributed by atoms with Crippen molar-refractivity contribution < 1.29 is 19.2 Å². The van der Waals surface area contributed by atoms with Crippen LogP contribution in [0.2, 0.25) is 0 Å². The molecule has 0 saturated heterocycles. The van der Waals surface area contributed by atoms with Crippen molar-refractivity contribution in [3.63, 3.8) is 0 Å². The molecule has 0 fully saturated rings. The minimum absolute atomic E-state index is 0.0880. The lowest BCUT2D eigenvalue weighted by Crippen LogP contribution is -2.42. The van der Waals surface area contributed by atoms with Crippen LogP contribution in [0.3, 0.4) is 0 Å². The minimum Gasteiger partial charge on any atom is -0.396 e. The summed E-state index contributed by atoms with van der Waals surface area (Å²) in [5.41, 5.74) is 8.07. The lowest BCUT2D eigenvalue weighted by Gasteiger charge is -2.41. The fourth-order valence-electron chi connectivity index (χ4n) is 6.09. The van der Waals surface area contributed by atoms with Crippen molar-refractivity contribution >= 4 is 22.7 Å². The zero-order valence-corrected chi connectivity index (χ0v) is 27.5. The van der Waals surface area contributed by atoms with E-state index in [0.717, 1.165) is 73.9 Å². The van der Waals surface area contributed by atoms with E-state index in [4.69, 9.17) is 0 Å². The van der Waals surface area contributed by atoms with Gasteiger partial charge >= 0.3 is 0 Å². The molecule has 0 amide bonds. The number of aliphatic hydroxyl groups is 2. The summed E-state index contributed by atoms with van der Waals surface area (Å²) in [6.45, 7) is 16.0. The fraction of sp³-hybridized carbons (Fsp3) is 0.657. The second-order valence-electron chi connectivity index (χ2n) is 14.6. The SMILES string of the molecule is Cc1ccc2c(c1)N(CCCC[N+](C)(C)CCCO)c1cc(C(C)(C)C)ccc1N2CCCC[N+](C)(C)CCCO. The molecule has 1 aliphatic heterocycles. The molecule has 0 aliphatic carbocycles. The zero-order chi connectivity index (χ0) is 30.3. The van der Waals surface area contributed by atoms with E-state index in [1.165, 1.54) is 46.7 Å². The maximum atomic E-state index is 9.29. The number of unbranched alkanes of at least 4 members (excludes halogenated alkanes) is 2. The van der Waals surface area contributed by atoms with Gasteiger partial charge in [-0.25, -0.2) is 0 Å². The third kappa shape index (κ3) is 9.44. The van der Waals surface area contributed by atoms with Crippen molar-refractivity contribution in [3.8, 4) is 0 Å². The molecule has 3 rings (SSSR count). The van der Waals surface area contributed by atoms with Crippen molar-refractivity contribution in [1.29, 1.82) is 0 Å². The van der Waals surface area contributed by atoms with E-state index in [2.05, 4.69) is 102 Å². The van der Waals surface area contributed by atoms with Crippen LogP contribution in [-0.4, -0.2) is 99.9 Å². The molecular formula is C35H60N4O2+2. The smallest absolute Gasteiger partial charge is 0.0804 e. The van der Waals surface area contributed by atoms with Gasteiger partial charge in [0, 0.05) is 39.1 Å². The van der Waals surface area contributed by atoms with Crippen molar-refractivity contribution in [2.45, 2.75) is 71.6 Å². The van der Waals surface area contributed by atoms with Gasteiger partial charge in [-0.2, -0.15) is 0 Å². The van der Waals surface area contributed by atoms with Crippen LogP contribution >= 0.6 is 0 Å². The molecule has 0 aromatic heterocycles. The minimum atomic E-state index is 0.0880. The number of quaternary nitrogens is 2. The Morgan fingerprint density at radius 3 is 1.51 bits per heavy atom. The Morgan fingerprint density at radius 2 is 1.02 bits per heavy atom. The summed E-state index contributed by atoms with van der Waals surface area (Å²) in [4.78, 5) is 5.15. The topological polar surface area (TPSA) is 46.9 Å². The Morgan fingerprint density at radius 1 is 0.585 bits per heavy atom. The first-order valence-electron chi connectivity index (χ1n) is 15.9. The number of benzene rings is 2. The molecule has 0 radical (unpaired) electrons. The summed E-state index contributed by atoms with van der Waals surface area (Å²) in [6, 6.07) is 14.1. The molecule has 6 heteroatoms. The molecule has 0 atom stereocenters. The molecule has 2 aromatic carbocycles. The lowest BCUT2D eigenvalue weighted by atomic mass is 9.86. The monoisotopic (exact) mass is 568 g/mol. The van der Waals surface area contributed by atoms with Crippen molar-refractivity contribution in [2.75, 3.05) is 90.5 Å². The summed E-state index contributed by atoms with van der Waals surface area (Å²) in [5.74, 6) is 0. The zero-order valence-electron chi connectivity index (χ0n) is 27.5. The Bertz CT molecular complexity index is 1110. The van der Waals surface area contributed by atoms with Crippen molar-refractivity contribution in [3.05, 3.63) is 47.5 Å². The predicted octanol–water partition coefficient (Wildman–Crippen LogP) is 6.36. The molecule has 2 N–H and O–H groups in total. The van der Waals surface area contributed by atoms with Gasteiger partial charge in [0.2, 0.25) is 0 Å². The van der Waals surface area contributed by atoms with E-state index in [1.807, 2.05) is 0 Å². The quantitative estimate of drug-likeness (QED) is 0.183. The molecule has 0 bridgehead atoms. The highest BCUT2D eigenvalue weighted by atomic mass is 16.3. The van der Waals surface area contributed by atoms with Crippen LogP contribution in [0.4, 0.5) is 22.7 Å². The second-order valence-corrected chi connectivity index (χ2v) is 14.6. The Labute approximate surface area is 251 Å². The number of aliphatic hydroxyl groups excluding tert-OH is 2. The Kier molecular flexibility index (Phi) is 11.7. The number of hydrogen-bond donors (Lipinski definition) is 2. The van der Waals surface area contributed by atoms with Crippen molar-refractivity contribution in [2.24, 2.45) is 0 Å². The van der Waals surface area contributed by atoms with E-state index in [9.17, 15) is 10.2 Å². The van der Waals surface area contributed by atoms with E-state index in [0.29, 0.717) is 0 Å².